The van der Waals surface area contributed by atoms with Gasteiger partial charge in [0.1, 0.15) is 11.9 Å². The minimum atomic E-state index is -0.752. The molecule has 178 valence electrons. The quantitative estimate of drug-likeness (QED) is 0.647. The summed E-state index contributed by atoms with van der Waals surface area (Å²) < 4.78 is 13.3. The van der Waals surface area contributed by atoms with Gasteiger partial charge in [-0.2, -0.15) is 5.10 Å². The average Bonchev–Trinajstić information content (AvgIpc) is 3.43. The third-order valence-electron chi connectivity index (χ3n) is 6.62. The molecule has 2 fully saturated rings. The Bertz CT molecular complexity index is 999. The normalized spacial score (nSPS) is 21.0. The zero-order chi connectivity index (χ0) is 23.4. The first kappa shape index (κ1) is 23.1. The number of carboxylic acid groups (broad SMARTS) is 1. The van der Waals surface area contributed by atoms with Gasteiger partial charge in [-0.25, -0.2) is 9.78 Å². The molecule has 0 radical (unpaired) electrons. The van der Waals surface area contributed by atoms with Gasteiger partial charge >= 0.3 is 12.1 Å². The Kier molecular flexibility index (Phi) is 7.15. The fourth-order valence-electron chi connectivity index (χ4n) is 4.72. The lowest BCUT2D eigenvalue weighted by atomic mass is 9.87. The van der Waals surface area contributed by atoms with Crippen molar-refractivity contribution in [2.75, 3.05) is 0 Å². The fraction of sp³-hybridized carbons (Fsp3) is 0.583. The third-order valence-corrected chi connectivity index (χ3v) is 6.62. The van der Waals surface area contributed by atoms with Crippen LogP contribution in [0.3, 0.4) is 0 Å². The molecule has 0 aliphatic heterocycles. The first-order valence-electron chi connectivity index (χ1n) is 11.7. The van der Waals surface area contributed by atoms with Crippen molar-refractivity contribution in [3.63, 3.8) is 0 Å². The Morgan fingerprint density at radius 2 is 1.91 bits per heavy atom. The van der Waals surface area contributed by atoms with E-state index in [0.29, 0.717) is 18.6 Å². The first-order valence-corrected chi connectivity index (χ1v) is 11.7. The van der Waals surface area contributed by atoms with E-state index in [1.54, 1.807) is 10.9 Å². The number of carbonyl (C=O) groups excluding carboxylic acids is 1. The number of pyridine rings is 1. The number of carbonyl (C=O) groups is 2. The standard InChI is InChI=1S/C24H32N4O5/c1-15-22(32-18-9-5-6-16(12-18)23(29)30)11-10-20(27-15)19-13-26-28(2)21(19)14-25-24(31)33-17-7-3-4-8-17/h10-11,13,16-18H,3-9,12,14H2,1-2H3,(H,25,31)(H,29,30)/t16?,18-/m0/s1. The van der Waals surface area contributed by atoms with E-state index >= 15 is 0 Å². The van der Waals surface area contributed by atoms with Crippen molar-refractivity contribution in [2.45, 2.75) is 77.0 Å². The molecule has 2 saturated carbocycles. The van der Waals surface area contributed by atoms with Crippen molar-refractivity contribution in [2.24, 2.45) is 13.0 Å². The Morgan fingerprint density at radius 1 is 1.15 bits per heavy atom. The van der Waals surface area contributed by atoms with Gasteiger partial charge in [0, 0.05) is 12.6 Å². The summed E-state index contributed by atoms with van der Waals surface area (Å²) >= 11 is 0. The number of aromatic nitrogens is 3. The smallest absolute Gasteiger partial charge is 0.407 e. The second kappa shape index (κ2) is 10.2. The highest BCUT2D eigenvalue weighted by Gasteiger charge is 2.28. The second-order valence-electron chi connectivity index (χ2n) is 9.02. The SMILES string of the molecule is Cc1nc(-c2cnn(C)c2CNC(=O)OC2CCCC2)ccc1O[C@H]1CCCC(C(=O)O)C1. The summed E-state index contributed by atoms with van der Waals surface area (Å²) in [6.45, 7) is 2.17. The highest BCUT2D eigenvalue weighted by molar-refractivity contribution is 5.70. The number of carboxylic acids is 1. The maximum atomic E-state index is 12.2. The predicted molar refractivity (Wildman–Crippen MR) is 121 cm³/mol. The van der Waals surface area contributed by atoms with Gasteiger partial charge in [-0.05, 0) is 70.4 Å². The molecule has 2 aliphatic rings. The van der Waals surface area contributed by atoms with Gasteiger partial charge in [-0.3, -0.25) is 9.48 Å². The largest absolute Gasteiger partial charge is 0.489 e. The van der Waals surface area contributed by atoms with Gasteiger partial charge in [0.25, 0.3) is 0 Å². The Morgan fingerprint density at radius 3 is 2.64 bits per heavy atom. The molecule has 0 bridgehead atoms. The van der Waals surface area contributed by atoms with E-state index in [-0.39, 0.29) is 24.7 Å². The van der Waals surface area contributed by atoms with Crippen LogP contribution in [-0.2, 0) is 23.1 Å². The molecule has 9 heteroatoms. The number of nitrogens with one attached hydrogen (secondary N) is 1. The number of amides is 1. The van der Waals surface area contributed by atoms with Crippen LogP contribution in [0.25, 0.3) is 11.3 Å². The van der Waals surface area contributed by atoms with Crippen LogP contribution < -0.4 is 10.1 Å². The number of aliphatic carboxylic acids is 1. The van der Waals surface area contributed by atoms with Crippen LogP contribution in [0.2, 0.25) is 0 Å². The fourth-order valence-corrected chi connectivity index (χ4v) is 4.72. The summed E-state index contributed by atoms with van der Waals surface area (Å²) in [5.41, 5.74) is 3.13. The van der Waals surface area contributed by atoms with Gasteiger partial charge in [-0.15, -0.1) is 0 Å². The molecular weight excluding hydrogens is 424 g/mol. The van der Waals surface area contributed by atoms with E-state index in [2.05, 4.69) is 10.4 Å². The summed E-state index contributed by atoms with van der Waals surface area (Å²) in [5, 5.41) is 16.5. The first-order chi connectivity index (χ1) is 15.9. The molecule has 2 aromatic rings. The highest BCUT2D eigenvalue weighted by Crippen LogP contribution is 2.31. The van der Waals surface area contributed by atoms with Crippen LogP contribution in [-0.4, -0.2) is 44.1 Å². The average molecular weight is 457 g/mol. The third kappa shape index (κ3) is 5.64. The number of nitrogens with zero attached hydrogens (tertiary/aromatic N) is 3. The summed E-state index contributed by atoms with van der Waals surface area (Å²) in [4.78, 5) is 28.2. The molecule has 2 atom stereocenters. The maximum Gasteiger partial charge on any atom is 0.407 e. The Balaban J connectivity index is 1.41. The lowest BCUT2D eigenvalue weighted by molar-refractivity contribution is -0.143. The molecule has 2 aromatic heterocycles. The van der Waals surface area contributed by atoms with Crippen molar-refractivity contribution in [3.8, 4) is 17.0 Å². The van der Waals surface area contributed by atoms with Crippen LogP contribution in [0.4, 0.5) is 4.79 Å². The predicted octanol–water partition coefficient (Wildman–Crippen LogP) is 3.98. The van der Waals surface area contributed by atoms with E-state index < -0.39 is 12.1 Å². The monoisotopic (exact) mass is 456 g/mol. The molecule has 2 N–H and O–H groups in total. The zero-order valence-electron chi connectivity index (χ0n) is 19.2. The molecule has 0 spiro atoms. The van der Waals surface area contributed by atoms with Gasteiger partial charge in [0.2, 0.25) is 0 Å². The molecule has 9 nitrogen and oxygen atoms in total. The number of alkyl carbamates (subject to hydrolysis) is 1. The molecule has 2 heterocycles. The summed E-state index contributed by atoms with van der Waals surface area (Å²) in [7, 11) is 1.83. The van der Waals surface area contributed by atoms with E-state index in [9.17, 15) is 14.7 Å². The molecule has 2 aliphatic carbocycles. The molecule has 1 amide bonds. The highest BCUT2D eigenvalue weighted by atomic mass is 16.6. The molecule has 0 aromatic carbocycles. The molecule has 0 saturated heterocycles. The van der Waals surface area contributed by atoms with E-state index in [0.717, 1.165) is 61.2 Å². The molecule has 33 heavy (non-hydrogen) atoms. The van der Waals surface area contributed by atoms with Crippen molar-refractivity contribution >= 4 is 12.1 Å². The van der Waals surface area contributed by atoms with Crippen molar-refractivity contribution in [1.82, 2.24) is 20.1 Å². The maximum absolute atomic E-state index is 12.2. The second-order valence-corrected chi connectivity index (χ2v) is 9.02. The molecular formula is C24H32N4O5. The van der Waals surface area contributed by atoms with E-state index in [1.807, 2.05) is 26.1 Å². The Labute approximate surface area is 193 Å². The van der Waals surface area contributed by atoms with E-state index in [4.69, 9.17) is 14.5 Å². The van der Waals surface area contributed by atoms with Crippen molar-refractivity contribution in [3.05, 3.63) is 29.7 Å². The van der Waals surface area contributed by atoms with Gasteiger partial charge in [0.15, 0.2) is 0 Å². The Hall–Kier alpha value is -3.10. The van der Waals surface area contributed by atoms with Crippen molar-refractivity contribution in [1.29, 1.82) is 0 Å². The van der Waals surface area contributed by atoms with Gasteiger partial charge in [-0.1, -0.05) is 0 Å². The van der Waals surface area contributed by atoms with Crippen LogP contribution in [0.1, 0.15) is 62.8 Å². The zero-order valence-corrected chi connectivity index (χ0v) is 19.2. The minimum Gasteiger partial charge on any atom is -0.489 e. The summed E-state index contributed by atoms with van der Waals surface area (Å²) in [6.07, 6.45) is 8.22. The van der Waals surface area contributed by atoms with Crippen LogP contribution in [0, 0.1) is 12.8 Å². The van der Waals surface area contributed by atoms with Gasteiger partial charge < -0.3 is 19.9 Å². The van der Waals surface area contributed by atoms with Crippen molar-refractivity contribution < 1.29 is 24.2 Å². The lowest BCUT2D eigenvalue weighted by Crippen LogP contribution is -2.29. The number of hydrogen-bond donors (Lipinski definition) is 2. The summed E-state index contributed by atoms with van der Waals surface area (Å²) in [6, 6.07) is 3.75. The van der Waals surface area contributed by atoms with Crippen LogP contribution >= 0.6 is 0 Å². The lowest BCUT2D eigenvalue weighted by Gasteiger charge is -2.27. The van der Waals surface area contributed by atoms with Gasteiger partial charge in [0.05, 0.1) is 41.8 Å². The number of ether oxygens (including phenoxy) is 2. The van der Waals surface area contributed by atoms with Crippen LogP contribution in [0.5, 0.6) is 5.75 Å². The molecule has 1 unspecified atom stereocenters. The number of aryl methyl sites for hydroxylation is 2. The topological polar surface area (TPSA) is 116 Å². The van der Waals surface area contributed by atoms with Crippen LogP contribution in [0.15, 0.2) is 18.3 Å². The molecule has 4 rings (SSSR count). The van der Waals surface area contributed by atoms with E-state index in [1.165, 1.54) is 0 Å². The summed E-state index contributed by atoms with van der Waals surface area (Å²) in [5.74, 6) is -0.432. The minimum absolute atomic E-state index is 0.0165. The number of rotatable bonds is 7. The number of hydrogen-bond acceptors (Lipinski definition) is 6.